The van der Waals surface area contributed by atoms with Crippen molar-refractivity contribution in [2.24, 2.45) is 5.73 Å². The van der Waals surface area contributed by atoms with Crippen LogP contribution >= 0.6 is 12.4 Å². The SMILES string of the molecule is Cl.NCCCCNC(=O)C1CCCN1C(=O)c1ccc2c(c1)OCO2. The summed E-state index contributed by atoms with van der Waals surface area (Å²) in [4.78, 5) is 26.8. The second kappa shape index (κ2) is 8.92. The number of unbranched alkanes of at least 4 members (excludes halogenated alkanes) is 1. The summed E-state index contributed by atoms with van der Waals surface area (Å²) >= 11 is 0. The zero-order chi connectivity index (χ0) is 16.9. The first-order chi connectivity index (χ1) is 11.7. The van der Waals surface area contributed by atoms with Gasteiger partial charge in [-0.05, 0) is 50.4 Å². The van der Waals surface area contributed by atoms with Crippen LogP contribution in [0, 0.1) is 0 Å². The molecule has 0 aliphatic carbocycles. The Morgan fingerprint density at radius 2 is 2.04 bits per heavy atom. The van der Waals surface area contributed by atoms with Gasteiger partial charge in [0.15, 0.2) is 11.5 Å². The van der Waals surface area contributed by atoms with Gasteiger partial charge in [-0.15, -0.1) is 12.4 Å². The van der Waals surface area contributed by atoms with E-state index in [9.17, 15) is 9.59 Å². The maximum atomic E-state index is 12.8. The number of amides is 2. The Kier molecular flexibility index (Phi) is 6.90. The van der Waals surface area contributed by atoms with Gasteiger partial charge in [-0.2, -0.15) is 0 Å². The van der Waals surface area contributed by atoms with Crippen LogP contribution in [0.5, 0.6) is 11.5 Å². The number of nitrogens with two attached hydrogens (primary N) is 1. The fourth-order valence-electron chi connectivity index (χ4n) is 3.08. The maximum Gasteiger partial charge on any atom is 0.254 e. The van der Waals surface area contributed by atoms with E-state index in [2.05, 4.69) is 5.32 Å². The fourth-order valence-corrected chi connectivity index (χ4v) is 3.08. The molecule has 138 valence electrons. The van der Waals surface area contributed by atoms with E-state index >= 15 is 0 Å². The van der Waals surface area contributed by atoms with Gasteiger partial charge in [-0.3, -0.25) is 9.59 Å². The van der Waals surface area contributed by atoms with Gasteiger partial charge < -0.3 is 25.4 Å². The van der Waals surface area contributed by atoms with E-state index in [-0.39, 0.29) is 31.0 Å². The Bertz CT molecular complexity index is 626. The van der Waals surface area contributed by atoms with Crippen molar-refractivity contribution in [3.8, 4) is 11.5 Å². The van der Waals surface area contributed by atoms with Gasteiger partial charge in [-0.1, -0.05) is 0 Å². The van der Waals surface area contributed by atoms with E-state index in [1.807, 2.05) is 0 Å². The largest absolute Gasteiger partial charge is 0.454 e. The van der Waals surface area contributed by atoms with E-state index in [1.165, 1.54) is 0 Å². The monoisotopic (exact) mass is 369 g/mol. The zero-order valence-electron chi connectivity index (χ0n) is 14.0. The molecule has 0 aromatic heterocycles. The van der Waals surface area contributed by atoms with E-state index in [4.69, 9.17) is 15.2 Å². The summed E-state index contributed by atoms with van der Waals surface area (Å²) in [5, 5.41) is 2.90. The van der Waals surface area contributed by atoms with Crippen LogP contribution in [0.3, 0.4) is 0 Å². The number of hydrogen-bond donors (Lipinski definition) is 2. The molecule has 7 nitrogen and oxygen atoms in total. The molecule has 1 aromatic rings. The number of carbonyl (C=O) groups excluding carboxylic acids is 2. The summed E-state index contributed by atoms with van der Waals surface area (Å²) in [7, 11) is 0. The van der Waals surface area contributed by atoms with Crippen LogP contribution in [0.15, 0.2) is 18.2 Å². The molecule has 2 aliphatic heterocycles. The Balaban J connectivity index is 0.00000225. The van der Waals surface area contributed by atoms with Gasteiger partial charge in [0.05, 0.1) is 0 Å². The predicted molar refractivity (Wildman–Crippen MR) is 95.2 cm³/mol. The molecule has 0 bridgehead atoms. The number of likely N-dealkylation sites (tertiary alicyclic amines) is 1. The Morgan fingerprint density at radius 3 is 2.84 bits per heavy atom. The number of nitrogens with zero attached hydrogens (tertiary/aromatic N) is 1. The number of fused-ring (bicyclic) bond motifs is 1. The number of halogens is 1. The Hall–Kier alpha value is -1.99. The lowest BCUT2D eigenvalue weighted by atomic mass is 10.1. The van der Waals surface area contributed by atoms with Gasteiger partial charge in [0.2, 0.25) is 12.7 Å². The lowest BCUT2D eigenvalue weighted by Crippen LogP contribution is -2.46. The first-order valence-corrected chi connectivity index (χ1v) is 8.39. The molecule has 8 heteroatoms. The summed E-state index contributed by atoms with van der Waals surface area (Å²) in [5.74, 6) is 0.983. The van der Waals surface area contributed by atoms with Gasteiger partial charge >= 0.3 is 0 Å². The minimum absolute atomic E-state index is 0. The summed E-state index contributed by atoms with van der Waals surface area (Å²) in [6.45, 7) is 1.98. The van der Waals surface area contributed by atoms with Crippen LogP contribution in [-0.4, -0.2) is 49.2 Å². The van der Waals surface area contributed by atoms with Crippen LogP contribution < -0.4 is 20.5 Å². The lowest BCUT2D eigenvalue weighted by Gasteiger charge is -2.24. The topological polar surface area (TPSA) is 93.9 Å². The molecule has 1 fully saturated rings. The van der Waals surface area contributed by atoms with E-state index in [0.717, 1.165) is 19.3 Å². The number of benzene rings is 1. The van der Waals surface area contributed by atoms with Gasteiger partial charge in [0.25, 0.3) is 5.91 Å². The van der Waals surface area contributed by atoms with Crippen molar-refractivity contribution in [2.45, 2.75) is 31.7 Å². The predicted octanol–water partition coefficient (Wildman–Crippen LogP) is 1.30. The van der Waals surface area contributed by atoms with E-state index < -0.39 is 6.04 Å². The minimum atomic E-state index is -0.402. The molecule has 25 heavy (non-hydrogen) atoms. The molecular formula is C17H24ClN3O4. The van der Waals surface area contributed by atoms with Crippen molar-refractivity contribution in [1.29, 1.82) is 0 Å². The molecule has 0 radical (unpaired) electrons. The van der Waals surface area contributed by atoms with Crippen LogP contribution in [0.1, 0.15) is 36.0 Å². The summed E-state index contributed by atoms with van der Waals surface area (Å²) in [6.07, 6.45) is 3.26. The van der Waals surface area contributed by atoms with Crippen molar-refractivity contribution in [3.63, 3.8) is 0 Å². The third-order valence-electron chi connectivity index (χ3n) is 4.37. The van der Waals surface area contributed by atoms with Crippen molar-refractivity contribution >= 4 is 24.2 Å². The highest BCUT2D eigenvalue weighted by atomic mass is 35.5. The van der Waals surface area contributed by atoms with Gasteiger partial charge in [-0.25, -0.2) is 0 Å². The minimum Gasteiger partial charge on any atom is -0.454 e. The summed E-state index contributed by atoms with van der Waals surface area (Å²) < 4.78 is 10.6. The zero-order valence-corrected chi connectivity index (χ0v) is 14.8. The van der Waals surface area contributed by atoms with Crippen molar-refractivity contribution in [1.82, 2.24) is 10.2 Å². The van der Waals surface area contributed by atoms with Gasteiger partial charge in [0, 0.05) is 18.7 Å². The lowest BCUT2D eigenvalue weighted by molar-refractivity contribution is -0.124. The smallest absolute Gasteiger partial charge is 0.254 e. The summed E-state index contributed by atoms with van der Waals surface area (Å²) in [6, 6.07) is 4.72. The van der Waals surface area contributed by atoms with Crippen LogP contribution in [0.2, 0.25) is 0 Å². The first-order valence-electron chi connectivity index (χ1n) is 8.39. The molecule has 0 saturated carbocycles. The fraction of sp³-hybridized carbons (Fsp3) is 0.529. The number of hydrogen-bond acceptors (Lipinski definition) is 5. The van der Waals surface area contributed by atoms with E-state index in [1.54, 1.807) is 23.1 Å². The Labute approximate surface area is 153 Å². The quantitative estimate of drug-likeness (QED) is 0.737. The second-order valence-corrected chi connectivity index (χ2v) is 6.01. The number of rotatable bonds is 6. The second-order valence-electron chi connectivity index (χ2n) is 6.01. The molecule has 1 unspecified atom stereocenters. The highest BCUT2D eigenvalue weighted by Gasteiger charge is 2.34. The van der Waals surface area contributed by atoms with Crippen LogP contribution in [-0.2, 0) is 4.79 Å². The third kappa shape index (κ3) is 4.35. The molecule has 1 saturated heterocycles. The average Bonchev–Trinajstić information content (AvgIpc) is 3.25. The number of carbonyl (C=O) groups is 2. The highest BCUT2D eigenvalue weighted by Crippen LogP contribution is 2.33. The first kappa shape index (κ1) is 19.3. The standard InChI is InChI=1S/C17H23N3O4.ClH/c18-7-1-2-8-19-16(21)13-4-3-9-20(13)17(22)12-5-6-14-15(10-12)24-11-23-14;/h5-6,10,13H,1-4,7-9,11,18H2,(H,19,21);1H. The van der Waals surface area contributed by atoms with E-state index in [0.29, 0.717) is 43.1 Å². The van der Waals surface area contributed by atoms with Crippen molar-refractivity contribution in [2.75, 3.05) is 26.4 Å². The average molecular weight is 370 g/mol. The molecule has 0 spiro atoms. The highest BCUT2D eigenvalue weighted by molar-refractivity contribution is 5.98. The molecule has 3 N–H and O–H groups in total. The number of nitrogens with one attached hydrogen (secondary N) is 1. The number of ether oxygens (including phenoxy) is 2. The third-order valence-corrected chi connectivity index (χ3v) is 4.37. The Morgan fingerprint density at radius 1 is 1.24 bits per heavy atom. The van der Waals surface area contributed by atoms with Crippen molar-refractivity contribution in [3.05, 3.63) is 23.8 Å². The molecule has 1 atom stereocenters. The molecule has 2 heterocycles. The molecule has 2 aliphatic rings. The molecule has 1 aromatic carbocycles. The normalized spacial score (nSPS) is 18.0. The summed E-state index contributed by atoms with van der Waals surface area (Å²) in [5.41, 5.74) is 5.96. The van der Waals surface area contributed by atoms with Crippen LogP contribution in [0.25, 0.3) is 0 Å². The molecule has 2 amide bonds. The van der Waals surface area contributed by atoms with Crippen molar-refractivity contribution < 1.29 is 19.1 Å². The molecular weight excluding hydrogens is 346 g/mol. The van der Waals surface area contributed by atoms with Gasteiger partial charge in [0.1, 0.15) is 6.04 Å². The maximum absolute atomic E-state index is 12.8. The van der Waals surface area contributed by atoms with Crippen LogP contribution in [0.4, 0.5) is 0 Å². The molecule has 3 rings (SSSR count).